The first-order valence-electron chi connectivity index (χ1n) is 11.0. The molecule has 0 bridgehead atoms. The Labute approximate surface area is 199 Å². The minimum atomic E-state index is -0.144. The molecule has 8 nitrogen and oxygen atoms in total. The molecule has 33 heavy (non-hydrogen) atoms. The molecule has 2 aromatic rings. The van der Waals surface area contributed by atoms with Gasteiger partial charge in [0.25, 0.3) is 0 Å². The maximum absolute atomic E-state index is 12.9. The zero-order valence-electron chi connectivity index (χ0n) is 19.0. The molecule has 0 aromatic heterocycles. The number of methoxy groups -OCH3 is 2. The Bertz CT molecular complexity index is 992. The van der Waals surface area contributed by atoms with Crippen LogP contribution in [-0.2, 0) is 11.3 Å². The minimum Gasteiger partial charge on any atom is -0.497 e. The van der Waals surface area contributed by atoms with Crippen molar-refractivity contribution in [3.63, 3.8) is 0 Å². The number of urea groups is 1. The normalized spacial score (nSPS) is 16.9. The standard InChI is InChI=1S/C24H29ClN4O4/c1-32-21-7-8-22(33-2)18(15-21)16-26-9-11-27(12-10-26)23(30)17-28-13-14-29(24(28)31)20-5-3-19(25)4-6-20/h3-8,15H,9-14,16-17H2,1-2H3. The van der Waals surface area contributed by atoms with Crippen LogP contribution in [0.1, 0.15) is 5.56 Å². The summed E-state index contributed by atoms with van der Waals surface area (Å²) in [5.41, 5.74) is 1.85. The monoisotopic (exact) mass is 472 g/mol. The fourth-order valence-electron chi connectivity index (χ4n) is 4.26. The van der Waals surface area contributed by atoms with E-state index < -0.39 is 0 Å². The predicted octanol–water partition coefficient (Wildman–Crippen LogP) is 2.94. The minimum absolute atomic E-state index is 0.0140. The van der Waals surface area contributed by atoms with Gasteiger partial charge in [-0.25, -0.2) is 4.79 Å². The number of halogens is 1. The topological polar surface area (TPSA) is 65.6 Å². The van der Waals surface area contributed by atoms with Gasteiger partial charge in [0.15, 0.2) is 0 Å². The Morgan fingerprint density at radius 1 is 0.939 bits per heavy atom. The van der Waals surface area contributed by atoms with Crippen molar-refractivity contribution in [2.75, 3.05) is 64.9 Å². The van der Waals surface area contributed by atoms with Crippen LogP contribution in [0.2, 0.25) is 5.02 Å². The molecule has 176 valence electrons. The first-order chi connectivity index (χ1) is 16.0. The van der Waals surface area contributed by atoms with E-state index in [1.54, 1.807) is 36.2 Å². The average Bonchev–Trinajstić information content (AvgIpc) is 3.19. The molecule has 0 saturated carbocycles. The first kappa shape index (κ1) is 23.2. The number of carbonyl (C=O) groups excluding carboxylic acids is 2. The number of amides is 3. The fourth-order valence-corrected chi connectivity index (χ4v) is 4.38. The molecule has 3 amide bonds. The van der Waals surface area contributed by atoms with Gasteiger partial charge in [0.05, 0.1) is 14.2 Å². The molecule has 0 N–H and O–H groups in total. The van der Waals surface area contributed by atoms with Gasteiger partial charge in [-0.1, -0.05) is 11.6 Å². The van der Waals surface area contributed by atoms with Crippen LogP contribution in [0.4, 0.5) is 10.5 Å². The van der Waals surface area contributed by atoms with Crippen molar-refractivity contribution in [2.45, 2.75) is 6.54 Å². The summed E-state index contributed by atoms with van der Waals surface area (Å²) in [4.78, 5) is 33.1. The van der Waals surface area contributed by atoms with Crippen molar-refractivity contribution >= 4 is 29.2 Å². The average molecular weight is 473 g/mol. The van der Waals surface area contributed by atoms with Gasteiger partial charge in [0.1, 0.15) is 18.0 Å². The van der Waals surface area contributed by atoms with E-state index in [9.17, 15) is 9.59 Å². The third-order valence-corrected chi connectivity index (χ3v) is 6.42. The molecule has 2 fully saturated rings. The van der Waals surface area contributed by atoms with Gasteiger partial charge in [0.2, 0.25) is 5.91 Å². The van der Waals surface area contributed by atoms with E-state index in [2.05, 4.69) is 4.90 Å². The van der Waals surface area contributed by atoms with E-state index in [0.717, 1.165) is 42.4 Å². The summed E-state index contributed by atoms with van der Waals surface area (Å²) in [5.74, 6) is 1.61. The zero-order chi connectivity index (χ0) is 23.4. The van der Waals surface area contributed by atoms with Crippen LogP contribution in [0.25, 0.3) is 0 Å². The van der Waals surface area contributed by atoms with Crippen LogP contribution in [0.5, 0.6) is 11.5 Å². The van der Waals surface area contributed by atoms with E-state index in [1.165, 1.54) is 0 Å². The zero-order valence-corrected chi connectivity index (χ0v) is 19.8. The summed E-state index contributed by atoms with van der Waals surface area (Å²) in [5, 5.41) is 0.626. The molecule has 0 radical (unpaired) electrons. The van der Waals surface area contributed by atoms with Gasteiger partial charge in [-0.05, 0) is 42.5 Å². The summed E-state index contributed by atoms with van der Waals surface area (Å²) < 4.78 is 10.8. The maximum atomic E-state index is 12.9. The van der Waals surface area contributed by atoms with Crippen LogP contribution in [0.15, 0.2) is 42.5 Å². The van der Waals surface area contributed by atoms with Crippen molar-refractivity contribution in [1.29, 1.82) is 0 Å². The number of piperazine rings is 1. The van der Waals surface area contributed by atoms with Gasteiger partial charge in [-0.3, -0.25) is 14.6 Å². The summed E-state index contributed by atoms with van der Waals surface area (Å²) in [6, 6.07) is 12.8. The molecule has 2 aliphatic rings. The predicted molar refractivity (Wildman–Crippen MR) is 127 cm³/mol. The van der Waals surface area contributed by atoms with Crippen LogP contribution >= 0.6 is 11.6 Å². The van der Waals surface area contributed by atoms with Gasteiger partial charge in [-0.15, -0.1) is 0 Å². The van der Waals surface area contributed by atoms with Crippen molar-refractivity contribution in [3.05, 3.63) is 53.1 Å². The van der Waals surface area contributed by atoms with Crippen LogP contribution < -0.4 is 14.4 Å². The highest BCUT2D eigenvalue weighted by molar-refractivity contribution is 6.30. The van der Waals surface area contributed by atoms with Gasteiger partial charge in [0, 0.05) is 62.1 Å². The molecular weight excluding hydrogens is 444 g/mol. The molecule has 2 aromatic carbocycles. The summed E-state index contributed by atoms with van der Waals surface area (Å²) in [7, 11) is 3.31. The summed E-state index contributed by atoms with van der Waals surface area (Å²) in [6.07, 6.45) is 0. The van der Waals surface area contributed by atoms with Gasteiger partial charge >= 0.3 is 6.03 Å². The molecule has 0 spiro atoms. The molecule has 0 atom stereocenters. The van der Waals surface area contributed by atoms with Gasteiger partial charge in [-0.2, -0.15) is 0 Å². The number of hydrogen-bond acceptors (Lipinski definition) is 5. The van der Waals surface area contributed by atoms with Crippen LogP contribution in [0.3, 0.4) is 0 Å². The second-order valence-corrected chi connectivity index (χ2v) is 8.60. The Balaban J connectivity index is 1.28. The summed E-state index contributed by atoms with van der Waals surface area (Å²) >= 11 is 5.94. The lowest BCUT2D eigenvalue weighted by Crippen LogP contribution is -2.51. The third-order valence-electron chi connectivity index (χ3n) is 6.17. The molecular formula is C24H29ClN4O4. The highest BCUT2D eigenvalue weighted by atomic mass is 35.5. The molecule has 4 rings (SSSR count). The largest absolute Gasteiger partial charge is 0.497 e. The second-order valence-electron chi connectivity index (χ2n) is 8.17. The number of nitrogens with zero attached hydrogens (tertiary/aromatic N) is 4. The number of hydrogen-bond donors (Lipinski definition) is 0. The Kier molecular flexibility index (Phi) is 7.25. The molecule has 2 aliphatic heterocycles. The lowest BCUT2D eigenvalue weighted by atomic mass is 10.1. The van der Waals surface area contributed by atoms with E-state index in [-0.39, 0.29) is 18.5 Å². The molecule has 2 saturated heterocycles. The van der Waals surface area contributed by atoms with E-state index in [0.29, 0.717) is 31.2 Å². The Hall–Kier alpha value is -2.97. The smallest absolute Gasteiger partial charge is 0.325 e. The van der Waals surface area contributed by atoms with Crippen molar-refractivity contribution in [2.24, 2.45) is 0 Å². The van der Waals surface area contributed by atoms with Crippen LogP contribution in [-0.4, -0.2) is 86.7 Å². The quantitative estimate of drug-likeness (QED) is 0.620. The summed E-state index contributed by atoms with van der Waals surface area (Å²) in [6.45, 7) is 4.71. The number of carbonyl (C=O) groups is 2. The third kappa shape index (κ3) is 5.34. The molecule has 2 heterocycles. The lowest BCUT2D eigenvalue weighted by Gasteiger charge is -2.35. The van der Waals surface area contributed by atoms with Crippen molar-refractivity contribution in [3.8, 4) is 11.5 Å². The lowest BCUT2D eigenvalue weighted by molar-refractivity contribution is -0.133. The van der Waals surface area contributed by atoms with Crippen molar-refractivity contribution in [1.82, 2.24) is 14.7 Å². The molecule has 0 aliphatic carbocycles. The van der Waals surface area contributed by atoms with Crippen molar-refractivity contribution < 1.29 is 19.1 Å². The first-order valence-corrected chi connectivity index (χ1v) is 11.4. The fraction of sp³-hybridized carbons (Fsp3) is 0.417. The number of benzene rings is 2. The maximum Gasteiger partial charge on any atom is 0.325 e. The van der Waals surface area contributed by atoms with E-state index >= 15 is 0 Å². The Morgan fingerprint density at radius 2 is 1.67 bits per heavy atom. The highest BCUT2D eigenvalue weighted by Gasteiger charge is 2.32. The van der Waals surface area contributed by atoms with E-state index in [4.69, 9.17) is 21.1 Å². The van der Waals surface area contributed by atoms with Gasteiger partial charge < -0.3 is 19.3 Å². The molecule has 9 heteroatoms. The van der Waals surface area contributed by atoms with E-state index in [1.807, 2.05) is 35.2 Å². The Morgan fingerprint density at radius 3 is 2.33 bits per heavy atom. The van der Waals surface area contributed by atoms with Crippen LogP contribution in [0, 0.1) is 0 Å². The number of rotatable bonds is 7. The molecule has 0 unspecified atom stereocenters. The number of ether oxygens (including phenoxy) is 2. The second kappa shape index (κ2) is 10.3. The SMILES string of the molecule is COc1ccc(OC)c(CN2CCN(C(=O)CN3CCN(c4ccc(Cl)cc4)C3=O)CC2)c1. The highest BCUT2D eigenvalue weighted by Crippen LogP contribution is 2.26. The number of anilines is 1.